The molecule has 3 N–H and O–H groups in total. The topological polar surface area (TPSA) is 99.4 Å². The van der Waals surface area contributed by atoms with Crippen molar-refractivity contribution in [2.24, 2.45) is 0 Å². The van der Waals surface area contributed by atoms with E-state index < -0.39 is 0 Å². The van der Waals surface area contributed by atoms with Gasteiger partial charge in [0.2, 0.25) is 0 Å². The van der Waals surface area contributed by atoms with Gasteiger partial charge in [-0.2, -0.15) is 5.10 Å². The predicted molar refractivity (Wildman–Crippen MR) is 94.4 cm³/mol. The first kappa shape index (κ1) is 18.5. The highest BCUT2D eigenvalue weighted by atomic mass is 16.5. The number of rotatable bonds is 6. The summed E-state index contributed by atoms with van der Waals surface area (Å²) in [6, 6.07) is 6.66. The summed E-state index contributed by atoms with van der Waals surface area (Å²) >= 11 is 0. The summed E-state index contributed by atoms with van der Waals surface area (Å²) in [6.07, 6.45) is 0. The first-order valence-corrected chi connectivity index (χ1v) is 7.80. The third-order valence-electron chi connectivity index (χ3n) is 3.54. The molecule has 8 heteroatoms. The summed E-state index contributed by atoms with van der Waals surface area (Å²) < 4.78 is 4.99. The number of urea groups is 1. The number of methoxy groups -OCH3 is 1. The zero-order valence-electron chi connectivity index (χ0n) is 14.8. The fraction of sp³-hybridized carbons (Fsp3) is 0.353. The molecule has 2 aromatic rings. The fourth-order valence-electron chi connectivity index (χ4n) is 2.26. The molecule has 0 saturated heterocycles. The maximum atomic E-state index is 12.0. The van der Waals surface area contributed by atoms with E-state index in [-0.39, 0.29) is 11.9 Å². The number of carbonyl (C=O) groups excluding carboxylic acids is 2. The Hall–Kier alpha value is -2.87. The number of anilines is 1. The molecule has 0 bridgehead atoms. The van der Waals surface area contributed by atoms with Crippen molar-refractivity contribution >= 4 is 17.6 Å². The van der Waals surface area contributed by atoms with Crippen LogP contribution in [0.5, 0.6) is 0 Å². The van der Waals surface area contributed by atoms with Gasteiger partial charge in [-0.3, -0.25) is 9.89 Å². The monoisotopic (exact) mass is 345 g/mol. The lowest BCUT2D eigenvalue weighted by molar-refractivity contribution is 0.0827. The normalized spacial score (nSPS) is 10.4. The second-order valence-electron chi connectivity index (χ2n) is 5.85. The lowest BCUT2D eigenvalue weighted by Crippen LogP contribution is -2.28. The van der Waals surface area contributed by atoms with E-state index in [0.717, 1.165) is 17.0 Å². The number of ether oxygens (including phenoxy) is 1. The molecule has 2 rings (SSSR count). The van der Waals surface area contributed by atoms with Gasteiger partial charge in [-0.1, -0.05) is 0 Å². The first-order valence-electron chi connectivity index (χ1n) is 7.80. The van der Waals surface area contributed by atoms with Crippen molar-refractivity contribution in [1.82, 2.24) is 20.4 Å². The average Bonchev–Trinajstić information content (AvgIpc) is 3.02. The van der Waals surface area contributed by atoms with Gasteiger partial charge in [-0.25, -0.2) is 4.79 Å². The zero-order chi connectivity index (χ0) is 18.4. The van der Waals surface area contributed by atoms with Gasteiger partial charge >= 0.3 is 6.03 Å². The maximum absolute atomic E-state index is 12.0. The lowest BCUT2D eigenvalue weighted by Gasteiger charge is -2.13. The molecule has 0 aliphatic heterocycles. The van der Waals surface area contributed by atoms with E-state index in [1.54, 1.807) is 39.4 Å². The number of aryl methyl sites for hydroxylation is 1. The molecule has 0 fully saturated rings. The number of hydrogen-bond donors (Lipinski definition) is 3. The summed E-state index contributed by atoms with van der Waals surface area (Å²) in [5.41, 5.74) is 3.60. The van der Waals surface area contributed by atoms with Crippen LogP contribution in [0, 0.1) is 6.92 Å². The minimum Gasteiger partial charge on any atom is -0.378 e. The smallest absolute Gasteiger partial charge is 0.319 e. The zero-order valence-corrected chi connectivity index (χ0v) is 14.8. The highest BCUT2D eigenvalue weighted by Gasteiger charge is 2.11. The van der Waals surface area contributed by atoms with E-state index in [9.17, 15) is 9.59 Å². The molecule has 134 valence electrons. The minimum absolute atomic E-state index is 0.0785. The lowest BCUT2D eigenvalue weighted by atomic mass is 10.1. The van der Waals surface area contributed by atoms with Crippen molar-refractivity contribution in [3.8, 4) is 0 Å². The van der Waals surface area contributed by atoms with Crippen LogP contribution in [0.1, 0.15) is 27.3 Å². The van der Waals surface area contributed by atoms with Crippen molar-refractivity contribution in [3.63, 3.8) is 0 Å². The van der Waals surface area contributed by atoms with Gasteiger partial charge in [-0.05, 0) is 36.8 Å². The molecule has 3 amide bonds. The van der Waals surface area contributed by atoms with Crippen molar-refractivity contribution < 1.29 is 14.3 Å². The molecule has 0 saturated carbocycles. The van der Waals surface area contributed by atoms with Gasteiger partial charge in [0, 0.05) is 32.5 Å². The summed E-state index contributed by atoms with van der Waals surface area (Å²) in [5.74, 6) is -0.0785. The van der Waals surface area contributed by atoms with Gasteiger partial charge in [0.15, 0.2) is 0 Å². The molecule has 0 radical (unpaired) electrons. The van der Waals surface area contributed by atoms with Crippen molar-refractivity contribution in [3.05, 3.63) is 46.8 Å². The highest BCUT2D eigenvalue weighted by molar-refractivity contribution is 5.96. The second-order valence-corrected chi connectivity index (χ2v) is 5.85. The molecule has 0 aliphatic carbocycles. The van der Waals surface area contributed by atoms with E-state index in [2.05, 4.69) is 20.8 Å². The number of hydrogen-bond acceptors (Lipinski definition) is 4. The van der Waals surface area contributed by atoms with Gasteiger partial charge < -0.3 is 20.3 Å². The van der Waals surface area contributed by atoms with E-state index in [4.69, 9.17) is 4.74 Å². The Balaban J connectivity index is 1.92. The van der Waals surface area contributed by atoms with E-state index in [1.807, 2.05) is 13.0 Å². The molecule has 1 aromatic carbocycles. The van der Waals surface area contributed by atoms with Crippen LogP contribution in [0.3, 0.4) is 0 Å². The second kappa shape index (κ2) is 8.29. The van der Waals surface area contributed by atoms with Crippen molar-refractivity contribution in [2.75, 3.05) is 26.5 Å². The summed E-state index contributed by atoms with van der Waals surface area (Å²) in [6.45, 7) is 2.58. The van der Waals surface area contributed by atoms with Crippen LogP contribution < -0.4 is 10.6 Å². The van der Waals surface area contributed by atoms with Crippen molar-refractivity contribution in [1.29, 1.82) is 0 Å². The molecule has 8 nitrogen and oxygen atoms in total. The number of aromatic nitrogens is 2. The van der Waals surface area contributed by atoms with E-state index >= 15 is 0 Å². The SMILES string of the molecule is COCc1cc(CNC(=O)Nc2ccc(C(=O)N(C)C)cc2C)[nH]n1. The van der Waals surface area contributed by atoms with Crippen LogP contribution in [-0.2, 0) is 17.9 Å². The van der Waals surface area contributed by atoms with Crippen molar-refractivity contribution in [2.45, 2.75) is 20.1 Å². The molecular weight excluding hydrogens is 322 g/mol. The standard InChI is InChI=1S/C17H23N5O3/c1-11-7-12(16(23)22(2)3)5-6-15(11)19-17(24)18-9-13-8-14(10-25-4)21-20-13/h5-8H,9-10H2,1-4H3,(H,20,21)(H2,18,19,24). The number of nitrogens with zero attached hydrogens (tertiary/aromatic N) is 2. The Kier molecular flexibility index (Phi) is 6.13. The Morgan fingerprint density at radius 2 is 2.04 bits per heavy atom. The third-order valence-corrected chi connectivity index (χ3v) is 3.54. The fourth-order valence-corrected chi connectivity index (χ4v) is 2.26. The summed E-state index contributed by atoms with van der Waals surface area (Å²) in [5, 5.41) is 12.4. The molecule has 25 heavy (non-hydrogen) atoms. The number of carbonyl (C=O) groups is 2. The number of nitrogens with one attached hydrogen (secondary N) is 3. The first-order chi connectivity index (χ1) is 11.9. The largest absolute Gasteiger partial charge is 0.378 e. The summed E-state index contributed by atoms with van der Waals surface area (Å²) in [7, 11) is 5.00. The molecule has 1 aromatic heterocycles. The molecule has 0 atom stereocenters. The Morgan fingerprint density at radius 1 is 1.28 bits per heavy atom. The quantitative estimate of drug-likeness (QED) is 0.744. The van der Waals surface area contributed by atoms with Crippen LogP contribution in [0.2, 0.25) is 0 Å². The van der Waals surface area contributed by atoms with Gasteiger partial charge in [0.05, 0.1) is 24.5 Å². The Morgan fingerprint density at radius 3 is 2.68 bits per heavy atom. The van der Waals surface area contributed by atoms with Crippen LogP contribution in [-0.4, -0.2) is 48.2 Å². The number of H-pyrrole nitrogens is 1. The predicted octanol–water partition coefficient (Wildman–Crippen LogP) is 1.89. The van der Waals surface area contributed by atoms with Gasteiger partial charge in [-0.15, -0.1) is 0 Å². The van der Waals surface area contributed by atoms with Crippen LogP contribution in [0.25, 0.3) is 0 Å². The van der Waals surface area contributed by atoms with Crippen LogP contribution in [0.15, 0.2) is 24.3 Å². The van der Waals surface area contributed by atoms with E-state index in [1.165, 1.54) is 4.90 Å². The summed E-state index contributed by atoms with van der Waals surface area (Å²) in [4.78, 5) is 25.5. The number of amides is 3. The molecular formula is C17H23N5O3. The molecule has 0 aliphatic rings. The van der Waals surface area contributed by atoms with Gasteiger partial charge in [0.1, 0.15) is 0 Å². The maximum Gasteiger partial charge on any atom is 0.319 e. The molecule has 0 spiro atoms. The van der Waals surface area contributed by atoms with Crippen LogP contribution in [0.4, 0.5) is 10.5 Å². The number of benzene rings is 1. The Bertz CT molecular complexity index is 754. The van der Waals surface area contributed by atoms with Gasteiger partial charge in [0.25, 0.3) is 5.91 Å². The Labute approximate surface area is 146 Å². The third kappa shape index (κ3) is 5.05. The minimum atomic E-state index is -0.335. The van der Waals surface area contributed by atoms with E-state index in [0.29, 0.717) is 24.4 Å². The molecule has 1 heterocycles. The average molecular weight is 345 g/mol. The number of aromatic amines is 1. The highest BCUT2D eigenvalue weighted by Crippen LogP contribution is 2.17. The van der Waals surface area contributed by atoms with Crippen LogP contribution >= 0.6 is 0 Å². The molecule has 0 unspecified atom stereocenters.